The van der Waals surface area contributed by atoms with E-state index in [1.54, 1.807) is 13.8 Å². The van der Waals surface area contributed by atoms with E-state index < -0.39 is 0 Å². The average molecular weight is 248 g/mol. The lowest BCUT2D eigenvalue weighted by molar-refractivity contribution is 0.216. The molecule has 0 spiro atoms. The molecule has 0 fully saturated rings. The Hall–Kier alpha value is -0.820. The van der Waals surface area contributed by atoms with Gasteiger partial charge in [0, 0.05) is 6.10 Å². The Kier molecular flexibility index (Phi) is 4.27. The van der Waals surface area contributed by atoms with Gasteiger partial charge in [0.05, 0.1) is 0 Å². The van der Waals surface area contributed by atoms with Crippen LogP contribution in [0.1, 0.15) is 59.6 Å². The van der Waals surface area contributed by atoms with E-state index >= 15 is 0 Å². The number of aliphatic hydroxyl groups excluding tert-OH is 1. The Morgan fingerprint density at radius 2 is 1.22 bits per heavy atom. The van der Waals surface area contributed by atoms with Crippen LogP contribution in [-0.4, -0.2) is 11.2 Å². The molecule has 18 heavy (non-hydrogen) atoms. The SMILES string of the molecule is CC(C)O.CC1C(C)(C)c2ccccc2C1(C)C. The molecular weight excluding hydrogens is 220 g/mol. The summed E-state index contributed by atoms with van der Waals surface area (Å²) in [6.45, 7) is 15.3. The number of benzene rings is 1. The Balaban J connectivity index is 0.000000357. The second-order valence-electron chi connectivity index (χ2n) is 6.80. The van der Waals surface area contributed by atoms with E-state index in [1.807, 2.05) is 0 Å². The predicted octanol–water partition coefficient (Wildman–Crippen LogP) is 4.28. The Labute approximate surface area is 112 Å². The molecule has 0 aliphatic heterocycles. The average Bonchev–Trinajstić information content (AvgIpc) is 2.39. The smallest absolute Gasteiger partial charge is 0.0483 e. The third-order valence-corrected chi connectivity index (χ3v) is 4.48. The number of fused-ring (bicyclic) bond motifs is 1. The van der Waals surface area contributed by atoms with E-state index in [0.717, 1.165) is 0 Å². The fraction of sp³-hybridized carbons (Fsp3) is 0.647. The third-order valence-electron chi connectivity index (χ3n) is 4.48. The van der Waals surface area contributed by atoms with Crippen molar-refractivity contribution in [3.8, 4) is 0 Å². The lowest BCUT2D eigenvalue weighted by atomic mass is 9.71. The van der Waals surface area contributed by atoms with Crippen molar-refractivity contribution in [1.82, 2.24) is 0 Å². The lowest BCUT2D eigenvalue weighted by Crippen LogP contribution is -2.30. The first-order valence-electron chi connectivity index (χ1n) is 6.89. The zero-order chi connectivity index (χ0) is 14.1. The van der Waals surface area contributed by atoms with Gasteiger partial charge in [-0.3, -0.25) is 0 Å². The zero-order valence-corrected chi connectivity index (χ0v) is 12.9. The first-order chi connectivity index (χ1) is 8.11. The van der Waals surface area contributed by atoms with Crippen LogP contribution in [0.5, 0.6) is 0 Å². The van der Waals surface area contributed by atoms with Gasteiger partial charge in [0.1, 0.15) is 0 Å². The van der Waals surface area contributed by atoms with E-state index in [1.165, 1.54) is 11.1 Å². The minimum Gasteiger partial charge on any atom is -0.394 e. The van der Waals surface area contributed by atoms with Crippen LogP contribution in [0, 0.1) is 5.92 Å². The Morgan fingerprint density at radius 3 is 1.50 bits per heavy atom. The van der Waals surface area contributed by atoms with Gasteiger partial charge in [-0.1, -0.05) is 58.9 Å². The van der Waals surface area contributed by atoms with E-state index in [-0.39, 0.29) is 6.10 Å². The number of rotatable bonds is 0. The van der Waals surface area contributed by atoms with Crippen molar-refractivity contribution >= 4 is 0 Å². The second kappa shape index (κ2) is 5.05. The maximum absolute atomic E-state index is 8.06. The molecule has 0 saturated carbocycles. The topological polar surface area (TPSA) is 20.2 Å². The first-order valence-corrected chi connectivity index (χ1v) is 6.89. The molecule has 1 heteroatoms. The molecule has 0 bridgehead atoms. The quantitative estimate of drug-likeness (QED) is 0.726. The molecule has 0 atom stereocenters. The third kappa shape index (κ3) is 2.61. The maximum Gasteiger partial charge on any atom is 0.0483 e. The van der Waals surface area contributed by atoms with Crippen molar-refractivity contribution in [2.24, 2.45) is 5.92 Å². The van der Waals surface area contributed by atoms with Crippen LogP contribution in [0.15, 0.2) is 24.3 Å². The van der Waals surface area contributed by atoms with Crippen molar-refractivity contribution in [3.63, 3.8) is 0 Å². The van der Waals surface area contributed by atoms with Gasteiger partial charge < -0.3 is 5.11 Å². The maximum atomic E-state index is 8.06. The highest BCUT2D eigenvalue weighted by molar-refractivity contribution is 5.45. The normalized spacial score (nSPS) is 20.3. The van der Waals surface area contributed by atoms with Crippen LogP contribution in [0.2, 0.25) is 0 Å². The summed E-state index contributed by atoms with van der Waals surface area (Å²) >= 11 is 0. The molecule has 1 aromatic rings. The van der Waals surface area contributed by atoms with Crippen molar-refractivity contribution in [2.75, 3.05) is 0 Å². The van der Waals surface area contributed by atoms with Crippen LogP contribution in [0.25, 0.3) is 0 Å². The van der Waals surface area contributed by atoms with E-state index in [0.29, 0.717) is 16.7 Å². The monoisotopic (exact) mass is 248 g/mol. The largest absolute Gasteiger partial charge is 0.394 e. The van der Waals surface area contributed by atoms with Gasteiger partial charge in [-0.25, -0.2) is 0 Å². The van der Waals surface area contributed by atoms with Crippen LogP contribution in [0.4, 0.5) is 0 Å². The van der Waals surface area contributed by atoms with Crippen molar-refractivity contribution in [3.05, 3.63) is 35.4 Å². The predicted molar refractivity (Wildman–Crippen MR) is 79.0 cm³/mol. The molecule has 0 amide bonds. The molecule has 102 valence electrons. The standard InChI is InChI=1S/C14H20.C3H8O/c1-10-13(2,3)11-8-6-7-9-12(11)14(10,4)5;1-3(2)4/h6-10H,1-5H3;3-4H,1-2H3. The molecule has 1 nitrogen and oxygen atoms in total. The zero-order valence-electron chi connectivity index (χ0n) is 12.9. The summed E-state index contributed by atoms with van der Waals surface area (Å²) in [6.07, 6.45) is -0.167. The molecule has 1 aliphatic carbocycles. The van der Waals surface area contributed by atoms with E-state index in [9.17, 15) is 0 Å². The molecule has 1 aliphatic rings. The molecule has 1 aromatic carbocycles. The van der Waals surface area contributed by atoms with Crippen LogP contribution < -0.4 is 0 Å². The van der Waals surface area contributed by atoms with Crippen LogP contribution >= 0.6 is 0 Å². The molecule has 0 radical (unpaired) electrons. The number of hydrogen-bond donors (Lipinski definition) is 1. The van der Waals surface area contributed by atoms with Gasteiger partial charge in [-0.05, 0) is 41.7 Å². The van der Waals surface area contributed by atoms with Gasteiger partial charge in [0.2, 0.25) is 0 Å². The van der Waals surface area contributed by atoms with Gasteiger partial charge in [-0.2, -0.15) is 0 Å². The highest BCUT2D eigenvalue weighted by atomic mass is 16.3. The molecule has 2 rings (SSSR count). The van der Waals surface area contributed by atoms with Gasteiger partial charge in [0.15, 0.2) is 0 Å². The fourth-order valence-electron chi connectivity index (χ4n) is 2.98. The van der Waals surface area contributed by atoms with Crippen LogP contribution in [0.3, 0.4) is 0 Å². The molecule has 0 heterocycles. The van der Waals surface area contributed by atoms with Gasteiger partial charge in [-0.15, -0.1) is 0 Å². The van der Waals surface area contributed by atoms with Crippen molar-refractivity contribution < 1.29 is 5.11 Å². The molecular formula is C17H28O. The summed E-state index contributed by atoms with van der Waals surface area (Å²) in [6, 6.07) is 8.91. The summed E-state index contributed by atoms with van der Waals surface area (Å²) < 4.78 is 0. The second-order valence-corrected chi connectivity index (χ2v) is 6.80. The van der Waals surface area contributed by atoms with Gasteiger partial charge in [0.25, 0.3) is 0 Å². The first kappa shape index (κ1) is 15.2. The number of hydrogen-bond acceptors (Lipinski definition) is 1. The lowest BCUT2D eigenvalue weighted by Gasteiger charge is -2.32. The fourth-order valence-corrected chi connectivity index (χ4v) is 2.98. The van der Waals surface area contributed by atoms with Gasteiger partial charge >= 0.3 is 0 Å². The van der Waals surface area contributed by atoms with Crippen molar-refractivity contribution in [1.29, 1.82) is 0 Å². The molecule has 0 saturated heterocycles. The Bertz CT molecular complexity index is 364. The molecule has 1 N–H and O–H groups in total. The minimum atomic E-state index is -0.167. The van der Waals surface area contributed by atoms with Crippen LogP contribution in [-0.2, 0) is 10.8 Å². The summed E-state index contributed by atoms with van der Waals surface area (Å²) in [7, 11) is 0. The van der Waals surface area contributed by atoms with E-state index in [4.69, 9.17) is 5.11 Å². The summed E-state index contributed by atoms with van der Waals surface area (Å²) in [5.41, 5.74) is 3.72. The minimum absolute atomic E-state index is 0.167. The summed E-state index contributed by atoms with van der Waals surface area (Å²) in [4.78, 5) is 0. The van der Waals surface area contributed by atoms with E-state index in [2.05, 4.69) is 58.9 Å². The highest BCUT2D eigenvalue weighted by Gasteiger charge is 2.47. The van der Waals surface area contributed by atoms with Crippen molar-refractivity contribution in [2.45, 2.75) is 65.4 Å². The highest BCUT2D eigenvalue weighted by Crippen LogP contribution is 2.53. The summed E-state index contributed by atoms with van der Waals surface area (Å²) in [5.74, 6) is 0.701. The molecule has 0 unspecified atom stereocenters. The Morgan fingerprint density at radius 1 is 0.944 bits per heavy atom. The molecule has 0 aromatic heterocycles. The summed E-state index contributed by atoms with van der Waals surface area (Å²) in [5, 5.41) is 8.06. The number of aliphatic hydroxyl groups is 1.